The molecule has 1 fully saturated rings. The van der Waals surface area contributed by atoms with E-state index in [2.05, 4.69) is 26.8 Å². The van der Waals surface area contributed by atoms with E-state index in [1.807, 2.05) is 0 Å². The number of ether oxygens (including phenoxy) is 2. The van der Waals surface area contributed by atoms with Crippen molar-refractivity contribution in [3.05, 3.63) is 35.9 Å². The van der Waals surface area contributed by atoms with E-state index < -0.39 is 11.4 Å². The van der Waals surface area contributed by atoms with Gasteiger partial charge >= 0.3 is 0 Å². The van der Waals surface area contributed by atoms with Crippen molar-refractivity contribution in [1.82, 2.24) is 15.0 Å². The molecular formula is C22H23FN4O3. The summed E-state index contributed by atoms with van der Waals surface area (Å²) in [5, 5.41) is 11.1. The van der Waals surface area contributed by atoms with Gasteiger partial charge in [-0.05, 0) is 37.8 Å². The Morgan fingerprint density at radius 2 is 2.10 bits per heavy atom. The van der Waals surface area contributed by atoms with Crippen LogP contribution in [0.2, 0.25) is 0 Å². The number of hydrogen-bond donors (Lipinski definition) is 3. The Labute approximate surface area is 173 Å². The second kappa shape index (κ2) is 8.30. The van der Waals surface area contributed by atoms with Gasteiger partial charge in [0, 0.05) is 29.8 Å². The van der Waals surface area contributed by atoms with Crippen LogP contribution >= 0.6 is 0 Å². The van der Waals surface area contributed by atoms with Gasteiger partial charge in [0.05, 0.1) is 18.3 Å². The number of aliphatic hydroxyl groups is 1. The summed E-state index contributed by atoms with van der Waals surface area (Å²) in [6.07, 6.45) is 6.32. The van der Waals surface area contributed by atoms with E-state index in [9.17, 15) is 9.50 Å². The lowest BCUT2D eigenvalue weighted by molar-refractivity contribution is 0.110. The van der Waals surface area contributed by atoms with Gasteiger partial charge in [-0.25, -0.2) is 14.4 Å². The van der Waals surface area contributed by atoms with Gasteiger partial charge in [0.25, 0.3) is 0 Å². The first-order chi connectivity index (χ1) is 14.5. The number of fused-ring (bicyclic) bond motifs is 1. The Balaban J connectivity index is 1.77. The van der Waals surface area contributed by atoms with Crippen LogP contribution in [-0.2, 0) is 4.74 Å². The number of aromatic amines is 1. The third kappa shape index (κ3) is 4.08. The standard InChI is InChI=1S/C22H23FN4O3/c1-29-8-9-30-18-13-26-21(24)27-20(18)16-12-25-19-15(16)10-14(11-17(19)23)4-7-22(28)5-2-3-6-22/h10-13,25,28H,2-3,5-6,8-9H2,1H3,(H2,24,26,27). The molecule has 156 valence electrons. The largest absolute Gasteiger partial charge is 0.487 e. The first-order valence-electron chi connectivity index (χ1n) is 9.80. The summed E-state index contributed by atoms with van der Waals surface area (Å²) in [5.41, 5.74) is 6.67. The molecule has 8 heteroatoms. The van der Waals surface area contributed by atoms with Crippen LogP contribution in [0.5, 0.6) is 5.75 Å². The number of nitrogens with two attached hydrogens (primary N) is 1. The first kappa shape index (κ1) is 20.1. The molecule has 0 atom stereocenters. The Bertz CT molecular complexity index is 1130. The lowest BCUT2D eigenvalue weighted by Gasteiger charge is -2.12. The topological polar surface area (TPSA) is 106 Å². The van der Waals surface area contributed by atoms with Crippen LogP contribution in [0.15, 0.2) is 24.5 Å². The molecule has 7 nitrogen and oxygen atoms in total. The van der Waals surface area contributed by atoms with Crippen LogP contribution in [0.25, 0.3) is 22.2 Å². The van der Waals surface area contributed by atoms with E-state index in [1.54, 1.807) is 19.4 Å². The van der Waals surface area contributed by atoms with Crippen molar-refractivity contribution < 1.29 is 19.0 Å². The van der Waals surface area contributed by atoms with Crippen LogP contribution in [0, 0.1) is 17.7 Å². The zero-order valence-electron chi connectivity index (χ0n) is 16.7. The average molecular weight is 410 g/mol. The number of H-pyrrole nitrogens is 1. The van der Waals surface area contributed by atoms with Gasteiger partial charge in [-0.2, -0.15) is 0 Å². The number of methoxy groups -OCH3 is 1. The van der Waals surface area contributed by atoms with E-state index >= 15 is 0 Å². The summed E-state index contributed by atoms with van der Waals surface area (Å²) in [4.78, 5) is 11.2. The van der Waals surface area contributed by atoms with Gasteiger partial charge < -0.3 is 25.3 Å². The normalized spacial score (nSPS) is 15.2. The molecule has 0 saturated heterocycles. The lowest BCUT2D eigenvalue weighted by Crippen LogP contribution is -2.20. The van der Waals surface area contributed by atoms with Crippen molar-refractivity contribution in [1.29, 1.82) is 0 Å². The molecule has 1 aliphatic rings. The van der Waals surface area contributed by atoms with Crippen molar-refractivity contribution in [2.24, 2.45) is 0 Å². The van der Waals surface area contributed by atoms with E-state index in [-0.39, 0.29) is 5.95 Å². The third-order valence-corrected chi connectivity index (χ3v) is 5.19. The summed E-state index contributed by atoms with van der Waals surface area (Å²) in [6.45, 7) is 0.706. The molecule has 0 bridgehead atoms. The Hall–Kier alpha value is -3.15. The minimum absolute atomic E-state index is 0.0818. The summed E-state index contributed by atoms with van der Waals surface area (Å²) in [7, 11) is 1.58. The van der Waals surface area contributed by atoms with Crippen LogP contribution in [0.3, 0.4) is 0 Å². The number of anilines is 1. The van der Waals surface area contributed by atoms with Crippen molar-refractivity contribution in [2.45, 2.75) is 31.3 Å². The summed E-state index contributed by atoms with van der Waals surface area (Å²) < 4.78 is 25.5. The molecule has 4 N–H and O–H groups in total. The molecule has 1 saturated carbocycles. The van der Waals surface area contributed by atoms with Gasteiger partial charge in [0.2, 0.25) is 5.95 Å². The smallest absolute Gasteiger partial charge is 0.220 e. The highest BCUT2D eigenvalue weighted by molar-refractivity contribution is 5.97. The maximum Gasteiger partial charge on any atom is 0.220 e. The number of halogens is 1. The van der Waals surface area contributed by atoms with Gasteiger partial charge in [0.1, 0.15) is 23.7 Å². The number of hydrogen-bond acceptors (Lipinski definition) is 6. The van der Waals surface area contributed by atoms with Crippen LogP contribution in [-0.4, -0.2) is 46.0 Å². The Morgan fingerprint density at radius 1 is 1.30 bits per heavy atom. The second-order valence-electron chi connectivity index (χ2n) is 7.35. The highest BCUT2D eigenvalue weighted by atomic mass is 19.1. The SMILES string of the molecule is COCCOc1cnc(N)nc1-c1c[nH]c2c(F)cc(C#CC3(O)CCCC3)cc12. The van der Waals surface area contributed by atoms with Crippen molar-refractivity contribution >= 4 is 16.9 Å². The highest BCUT2D eigenvalue weighted by Crippen LogP contribution is 2.35. The average Bonchev–Trinajstić information content (AvgIpc) is 3.35. The highest BCUT2D eigenvalue weighted by Gasteiger charge is 2.28. The predicted octanol–water partition coefficient (Wildman–Crippen LogP) is 3.03. The van der Waals surface area contributed by atoms with E-state index in [1.165, 1.54) is 12.3 Å². The van der Waals surface area contributed by atoms with Crippen LogP contribution in [0.1, 0.15) is 31.2 Å². The molecule has 0 radical (unpaired) electrons. The van der Waals surface area contributed by atoms with Gasteiger partial charge in [-0.3, -0.25) is 0 Å². The number of nitrogens with one attached hydrogen (secondary N) is 1. The summed E-state index contributed by atoms with van der Waals surface area (Å²) in [6, 6.07) is 3.13. The third-order valence-electron chi connectivity index (χ3n) is 5.19. The minimum atomic E-state index is -0.990. The van der Waals surface area contributed by atoms with E-state index in [0.29, 0.717) is 59.5 Å². The number of rotatable bonds is 5. The lowest BCUT2D eigenvalue weighted by atomic mass is 10.0. The molecule has 0 aliphatic heterocycles. The molecule has 1 aromatic carbocycles. The zero-order chi connectivity index (χ0) is 21.1. The quantitative estimate of drug-likeness (QED) is 0.441. The number of nitrogen functional groups attached to an aromatic ring is 1. The first-order valence-corrected chi connectivity index (χ1v) is 9.80. The fraction of sp³-hybridized carbons (Fsp3) is 0.364. The minimum Gasteiger partial charge on any atom is -0.487 e. The molecule has 0 spiro atoms. The van der Waals surface area contributed by atoms with Crippen molar-refractivity contribution in [3.63, 3.8) is 0 Å². The molecule has 30 heavy (non-hydrogen) atoms. The predicted molar refractivity (Wildman–Crippen MR) is 111 cm³/mol. The molecule has 1 aliphatic carbocycles. The monoisotopic (exact) mass is 410 g/mol. The summed E-state index contributed by atoms with van der Waals surface area (Å²) in [5.74, 6) is 5.91. The van der Waals surface area contributed by atoms with Gasteiger partial charge in [-0.1, -0.05) is 11.8 Å². The van der Waals surface area contributed by atoms with Gasteiger partial charge in [0.15, 0.2) is 5.75 Å². The number of benzene rings is 1. The number of nitrogens with zero attached hydrogens (tertiary/aromatic N) is 2. The van der Waals surface area contributed by atoms with Crippen LogP contribution < -0.4 is 10.5 Å². The Kier molecular flexibility index (Phi) is 5.57. The molecular weight excluding hydrogens is 387 g/mol. The van der Waals surface area contributed by atoms with Gasteiger partial charge in [-0.15, -0.1) is 0 Å². The van der Waals surface area contributed by atoms with E-state index in [0.717, 1.165) is 12.8 Å². The summed E-state index contributed by atoms with van der Waals surface area (Å²) >= 11 is 0. The maximum atomic E-state index is 14.7. The number of aromatic nitrogens is 3. The molecule has 3 aromatic rings. The van der Waals surface area contributed by atoms with Crippen molar-refractivity contribution in [2.75, 3.05) is 26.1 Å². The van der Waals surface area contributed by atoms with Crippen molar-refractivity contribution in [3.8, 4) is 28.8 Å². The van der Waals surface area contributed by atoms with Crippen LogP contribution in [0.4, 0.5) is 10.3 Å². The molecule has 2 heterocycles. The van der Waals surface area contributed by atoms with E-state index in [4.69, 9.17) is 15.2 Å². The fourth-order valence-corrected chi connectivity index (χ4v) is 3.65. The fourth-order valence-electron chi connectivity index (χ4n) is 3.65. The Morgan fingerprint density at radius 3 is 2.87 bits per heavy atom. The molecule has 2 aromatic heterocycles. The molecule has 0 unspecified atom stereocenters. The maximum absolute atomic E-state index is 14.7. The molecule has 4 rings (SSSR count). The zero-order valence-corrected chi connectivity index (χ0v) is 16.7. The second-order valence-corrected chi connectivity index (χ2v) is 7.35. The molecule has 0 amide bonds.